The fourth-order valence-electron chi connectivity index (χ4n) is 1.84. The summed E-state index contributed by atoms with van der Waals surface area (Å²) < 4.78 is 5.54. The van der Waals surface area contributed by atoms with E-state index >= 15 is 0 Å². The van der Waals surface area contributed by atoms with Gasteiger partial charge in [-0.25, -0.2) is 4.79 Å². The summed E-state index contributed by atoms with van der Waals surface area (Å²) in [4.78, 5) is 16.8. The van der Waals surface area contributed by atoms with E-state index in [1.54, 1.807) is 48.5 Å². The van der Waals surface area contributed by atoms with Crippen LogP contribution in [0.1, 0.15) is 35.7 Å². The van der Waals surface area contributed by atoms with E-state index in [0.717, 1.165) is 12.8 Å². The maximum atomic E-state index is 12.0. The standard InChI is InChI=1S/C18H19ClN2O3/c1-2-3-12-23-16-10-6-14(7-11-16)18(22)24-21-17(20)13-4-8-15(19)9-5-13/h4-11H,2-3,12H2,1H3,(H2,20,21). The molecule has 0 amide bonds. The van der Waals surface area contributed by atoms with Gasteiger partial charge in [0.15, 0.2) is 5.84 Å². The van der Waals surface area contributed by atoms with Crippen molar-refractivity contribution in [1.82, 2.24) is 0 Å². The van der Waals surface area contributed by atoms with Crippen molar-refractivity contribution in [3.8, 4) is 5.75 Å². The number of amidine groups is 1. The predicted molar refractivity (Wildman–Crippen MR) is 94.4 cm³/mol. The smallest absolute Gasteiger partial charge is 0.365 e. The molecule has 2 rings (SSSR count). The Morgan fingerprint density at radius 3 is 2.33 bits per heavy atom. The van der Waals surface area contributed by atoms with Gasteiger partial charge in [-0.05, 0) is 55.0 Å². The van der Waals surface area contributed by atoms with E-state index in [9.17, 15) is 4.79 Å². The van der Waals surface area contributed by atoms with E-state index in [1.807, 2.05) is 0 Å². The van der Waals surface area contributed by atoms with E-state index in [0.29, 0.717) is 28.5 Å². The first-order valence-electron chi connectivity index (χ1n) is 7.63. The molecule has 0 atom stereocenters. The summed E-state index contributed by atoms with van der Waals surface area (Å²) in [6.45, 7) is 2.75. The van der Waals surface area contributed by atoms with E-state index in [-0.39, 0.29) is 5.84 Å². The highest BCUT2D eigenvalue weighted by molar-refractivity contribution is 6.30. The monoisotopic (exact) mass is 346 g/mol. The third-order valence-corrected chi connectivity index (χ3v) is 3.48. The number of benzene rings is 2. The zero-order chi connectivity index (χ0) is 17.4. The highest BCUT2D eigenvalue weighted by Crippen LogP contribution is 2.14. The molecule has 0 aliphatic rings. The van der Waals surface area contributed by atoms with Crippen molar-refractivity contribution >= 4 is 23.4 Å². The zero-order valence-corrected chi connectivity index (χ0v) is 14.1. The number of carbonyl (C=O) groups excluding carboxylic acids is 1. The molecule has 6 heteroatoms. The maximum absolute atomic E-state index is 12.0. The molecule has 2 N–H and O–H groups in total. The average molecular weight is 347 g/mol. The van der Waals surface area contributed by atoms with Crippen molar-refractivity contribution < 1.29 is 14.4 Å². The largest absolute Gasteiger partial charge is 0.494 e. The zero-order valence-electron chi connectivity index (χ0n) is 13.4. The summed E-state index contributed by atoms with van der Waals surface area (Å²) in [6, 6.07) is 13.4. The van der Waals surface area contributed by atoms with E-state index in [2.05, 4.69) is 12.1 Å². The topological polar surface area (TPSA) is 73.9 Å². The van der Waals surface area contributed by atoms with Crippen molar-refractivity contribution in [2.45, 2.75) is 19.8 Å². The first-order chi connectivity index (χ1) is 11.6. The molecule has 0 spiro atoms. The van der Waals surface area contributed by atoms with Gasteiger partial charge in [-0.15, -0.1) is 0 Å². The third kappa shape index (κ3) is 5.28. The molecular weight excluding hydrogens is 328 g/mol. The molecule has 0 radical (unpaired) electrons. The minimum Gasteiger partial charge on any atom is -0.494 e. The highest BCUT2D eigenvalue weighted by atomic mass is 35.5. The van der Waals surface area contributed by atoms with Crippen LogP contribution in [0.4, 0.5) is 0 Å². The van der Waals surface area contributed by atoms with Crippen molar-refractivity contribution in [3.63, 3.8) is 0 Å². The fourth-order valence-corrected chi connectivity index (χ4v) is 1.96. The Bertz CT molecular complexity index is 697. The van der Waals surface area contributed by atoms with Crippen LogP contribution < -0.4 is 10.5 Å². The number of oxime groups is 1. The van der Waals surface area contributed by atoms with Crippen LogP contribution in [0.15, 0.2) is 53.7 Å². The molecule has 2 aromatic carbocycles. The van der Waals surface area contributed by atoms with Gasteiger partial charge < -0.3 is 15.3 Å². The van der Waals surface area contributed by atoms with Crippen LogP contribution in [0.2, 0.25) is 5.02 Å². The molecule has 0 saturated carbocycles. The normalized spacial score (nSPS) is 11.2. The van der Waals surface area contributed by atoms with Gasteiger partial charge in [-0.2, -0.15) is 0 Å². The first-order valence-corrected chi connectivity index (χ1v) is 8.01. The lowest BCUT2D eigenvalue weighted by Gasteiger charge is -2.05. The maximum Gasteiger partial charge on any atom is 0.365 e. The number of rotatable bonds is 7. The van der Waals surface area contributed by atoms with Crippen molar-refractivity contribution in [1.29, 1.82) is 0 Å². The number of hydrogen-bond donors (Lipinski definition) is 1. The number of nitrogens with two attached hydrogens (primary N) is 1. The second-order valence-corrected chi connectivity index (χ2v) is 5.52. The van der Waals surface area contributed by atoms with Crippen molar-refractivity contribution in [3.05, 3.63) is 64.7 Å². The van der Waals surface area contributed by atoms with Crippen LogP contribution in [0.3, 0.4) is 0 Å². The highest BCUT2D eigenvalue weighted by Gasteiger charge is 2.08. The molecule has 0 aromatic heterocycles. The Morgan fingerprint density at radius 1 is 1.08 bits per heavy atom. The van der Waals surface area contributed by atoms with Crippen LogP contribution in [-0.2, 0) is 4.84 Å². The molecule has 24 heavy (non-hydrogen) atoms. The molecule has 126 valence electrons. The van der Waals surface area contributed by atoms with Gasteiger partial charge in [0.2, 0.25) is 0 Å². The number of nitrogens with zero attached hydrogens (tertiary/aromatic N) is 1. The van der Waals surface area contributed by atoms with E-state index in [1.165, 1.54) is 0 Å². The molecule has 2 aromatic rings. The minimum absolute atomic E-state index is 0.0968. The summed E-state index contributed by atoms with van der Waals surface area (Å²) in [6.07, 6.45) is 2.06. The Kier molecular flexibility index (Phi) is 6.63. The number of ether oxygens (including phenoxy) is 1. The molecule has 0 bridgehead atoms. The first kappa shape index (κ1) is 17.8. The molecule has 0 unspecified atom stereocenters. The minimum atomic E-state index is -0.591. The van der Waals surface area contributed by atoms with Gasteiger partial charge in [0, 0.05) is 10.6 Å². The summed E-state index contributed by atoms with van der Waals surface area (Å²) in [7, 11) is 0. The Labute approximate surface area is 146 Å². The molecule has 5 nitrogen and oxygen atoms in total. The molecule has 0 aliphatic carbocycles. The van der Waals surface area contributed by atoms with E-state index < -0.39 is 5.97 Å². The van der Waals surface area contributed by atoms with E-state index in [4.69, 9.17) is 26.9 Å². The Morgan fingerprint density at radius 2 is 1.71 bits per heavy atom. The average Bonchev–Trinajstić information content (AvgIpc) is 2.61. The molecular formula is C18H19ClN2O3. The van der Waals surface area contributed by atoms with Crippen LogP contribution in [0.5, 0.6) is 5.75 Å². The van der Waals surface area contributed by atoms with Gasteiger partial charge in [0.1, 0.15) is 5.75 Å². The number of carbonyl (C=O) groups is 1. The van der Waals surface area contributed by atoms with Crippen LogP contribution in [-0.4, -0.2) is 18.4 Å². The van der Waals surface area contributed by atoms with Crippen LogP contribution >= 0.6 is 11.6 Å². The van der Waals surface area contributed by atoms with Gasteiger partial charge in [0.25, 0.3) is 0 Å². The summed E-state index contributed by atoms with van der Waals surface area (Å²) in [5.41, 5.74) is 6.76. The molecule has 0 fully saturated rings. The Balaban J connectivity index is 1.94. The molecule has 0 aliphatic heterocycles. The lowest BCUT2D eigenvalue weighted by molar-refractivity contribution is 0.0516. The van der Waals surface area contributed by atoms with Crippen molar-refractivity contribution in [2.75, 3.05) is 6.61 Å². The summed E-state index contributed by atoms with van der Waals surface area (Å²) in [5, 5.41) is 4.24. The second kappa shape index (κ2) is 8.93. The summed E-state index contributed by atoms with van der Waals surface area (Å²) >= 11 is 5.80. The predicted octanol–water partition coefficient (Wildman–Crippen LogP) is 4.00. The van der Waals surface area contributed by atoms with Crippen LogP contribution in [0.25, 0.3) is 0 Å². The second-order valence-electron chi connectivity index (χ2n) is 5.09. The van der Waals surface area contributed by atoms with Gasteiger partial charge >= 0.3 is 5.97 Å². The van der Waals surface area contributed by atoms with Gasteiger partial charge in [0.05, 0.1) is 12.2 Å². The summed E-state index contributed by atoms with van der Waals surface area (Å²) in [5.74, 6) is 0.218. The number of halogens is 1. The molecule has 0 heterocycles. The quantitative estimate of drug-likeness (QED) is 0.270. The molecule has 0 saturated heterocycles. The SMILES string of the molecule is CCCCOc1ccc(C(=O)O/N=C(\N)c2ccc(Cl)cc2)cc1. The van der Waals surface area contributed by atoms with Crippen LogP contribution in [0, 0.1) is 0 Å². The number of hydrogen-bond acceptors (Lipinski definition) is 4. The number of unbranched alkanes of at least 4 members (excludes halogenated alkanes) is 1. The third-order valence-electron chi connectivity index (χ3n) is 3.22. The fraction of sp³-hybridized carbons (Fsp3) is 0.222. The Hall–Kier alpha value is -2.53. The lowest BCUT2D eigenvalue weighted by Crippen LogP contribution is -2.15. The van der Waals surface area contributed by atoms with Gasteiger partial charge in [-0.3, -0.25) is 0 Å². The lowest BCUT2D eigenvalue weighted by atomic mass is 10.2. The van der Waals surface area contributed by atoms with Gasteiger partial charge in [-0.1, -0.05) is 30.1 Å². The van der Waals surface area contributed by atoms with Crippen molar-refractivity contribution in [2.24, 2.45) is 10.9 Å².